The van der Waals surface area contributed by atoms with Gasteiger partial charge in [0.2, 0.25) is 0 Å². The summed E-state index contributed by atoms with van der Waals surface area (Å²) in [6, 6.07) is 7.85. The van der Waals surface area contributed by atoms with Gasteiger partial charge in [-0.15, -0.1) is 0 Å². The topological polar surface area (TPSA) is 73.9 Å². The molecule has 152 valence electrons. The molecule has 1 fully saturated rings. The number of rotatable bonds is 6. The van der Waals surface area contributed by atoms with Crippen molar-refractivity contribution in [2.24, 2.45) is 0 Å². The Labute approximate surface area is 166 Å². The van der Waals surface area contributed by atoms with Crippen molar-refractivity contribution in [1.82, 2.24) is 15.5 Å². The highest BCUT2D eigenvalue weighted by atomic mass is 16.5. The predicted octanol–water partition coefficient (Wildman–Crippen LogP) is 2.03. The summed E-state index contributed by atoms with van der Waals surface area (Å²) >= 11 is 0. The van der Waals surface area contributed by atoms with Gasteiger partial charge in [-0.05, 0) is 31.9 Å². The smallest absolute Gasteiger partial charge is 0.337 e. The van der Waals surface area contributed by atoms with Crippen LogP contribution >= 0.6 is 0 Å². The molecule has 7 nitrogen and oxygen atoms in total. The van der Waals surface area contributed by atoms with Gasteiger partial charge in [-0.2, -0.15) is 0 Å². The average molecular weight is 386 g/mol. The minimum Gasteiger partial charge on any atom is -0.463 e. The van der Waals surface area contributed by atoms with Crippen LogP contribution in [0, 0.1) is 6.92 Å². The van der Waals surface area contributed by atoms with Gasteiger partial charge in [0.15, 0.2) is 0 Å². The number of amides is 2. The minimum absolute atomic E-state index is 0.256. The highest BCUT2D eigenvalue weighted by Gasteiger charge is 2.32. The fourth-order valence-electron chi connectivity index (χ4n) is 3.88. The molecule has 0 unspecified atom stereocenters. The van der Waals surface area contributed by atoms with Crippen LogP contribution in [0.1, 0.15) is 25.8 Å². The molecule has 2 N–H and O–H groups in total. The quantitative estimate of drug-likeness (QED) is 0.732. The van der Waals surface area contributed by atoms with Crippen molar-refractivity contribution in [3.8, 4) is 0 Å². The van der Waals surface area contributed by atoms with E-state index in [1.54, 1.807) is 6.92 Å². The van der Waals surface area contributed by atoms with E-state index in [2.05, 4.69) is 51.6 Å². The van der Waals surface area contributed by atoms with Crippen LogP contribution in [0.2, 0.25) is 0 Å². The number of ether oxygens (including phenoxy) is 1. The number of hydrogen-bond donors (Lipinski definition) is 2. The Balaban J connectivity index is 1.71. The highest BCUT2D eigenvalue weighted by molar-refractivity contribution is 5.94. The SMILES string of the molecule is CCOC(=O)C1=C(CN2CCN(c3ccccc3C)CC2)NC(=O)N[C@@H]1CC. The van der Waals surface area contributed by atoms with Gasteiger partial charge in [0.1, 0.15) is 0 Å². The predicted molar refractivity (Wildman–Crippen MR) is 109 cm³/mol. The molecule has 1 aromatic carbocycles. The number of hydrogen-bond acceptors (Lipinski definition) is 5. The van der Waals surface area contributed by atoms with E-state index < -0.39 is 0 Å². The Morgan fingerprint density at radius 2 is 1.89 bits per heavy atom. The lowest BCUT2D eigenvalue weighted by molar-refractivity contribution is -0.139. The largest absolute Gasteiger partial charge is 0.463 e. The lowest BCUT2D eigenvalue weighted by Gasteiger charge is -2.38. The van der Waals surface area contributed by atoms with Crippen LogP contribution in [0.3, 0.4) is 0 Å². The van der Waals surface area contributed by atoms with Gasteiger partial charge in [-0.3, -0.25) is 4.90 Å². The summed E-state index contributed by atoms with van der Waals surface area (Å²) in [5.41, 5.74) is 3.76. The zero-order chi connectivity index (χ0) is 20.1. The first-order valence-electron chi connectivity index (χ1n) is 10.0. The number of urea groups is 1. The Morgan fingerprint density at radius 1 is 1.18 bits per heavy atom. The van der Waals surface area contributed by atoms with Crippen LogP contribution in [-0.2, 0) is 9.53 Å². The number of piperazine rings is 1. The minimum atomic E-state index is -0.351. The van der Waals surface area contributed by atoms with E-state index in [9.17, 15) is 9.59 Å². The normalized spacial score (nSPS) is 20.6. The number of esters is 1. The number of anilines is 1. The zero-order valence-corrected chi connectivity index (χ0v) is 17.0. The van der Waals surface area contributed by atoms with Gasteiger partial charge in [-0.25, -0.2) is 9.59 Å². The van der Waals surface area contributed by atoms with E-state index >= 15 is 0 Å². The molecule has 3 rings (SSSR count). The van der Waals surface area contributed by atoms with Gasteiger partial charge in [0.05, 0.1) is 18.2 Å². The summed E-state index contributed by atoms with van der Waals surface area (Å²) in [7, 11) is 0. The van der Waals surface area contributed by atoms with E-state index in [0.717, 1.165) is 26.2 Å². The second-order valence-corrected chi connectivity index (χ2v) is 7.22. The molecule has 1 saturated heterocycles. The summed E-state index contributed by atoms with van der Waals surface area (Å²) in [5.74, 6) is -0.351. The first-order chi connectivity index (χ1) is 13.5. The molecule has 0 aromatic heterocycles. The van der Waals surface area contributed by atoms with Crippen LogP contribution in [-0.4, -0.2) is 62.3 Å². The fraction of sp³-hybridized carbons (Fsp3) is 0.524. The third-order valence-electron chi connectivity index (χ3n) is 5.36. The molecule has 2 heterocycles. The first kappa shape index (κ1) is 20.2. The number of nitrogens with zero attached hydrogens (tertiary/aromatic N) is 2. The van der Waals surface area contributed by atoms with Crippen molar-refractivity contribution >= 4 is 17.7 Å². The standard InChI is InChI=1S/C21H30N4O3/c1-4-16-19(20(26)28-5-2)17(23-21(27)22-16)14-24-10-12-25(13-11-24)18-9-7-6-8-15(18)3/h6-9,16H,4-5,10-14H2,1-3H3,(H2,22,23,27)/t16-/m1/s1. The highest BCUT2D eigenvalue weighted by Crippen LogP contribution is 2.22. The van der Waals surface area contributed by atoms with Crippen molar-refractivity contribution in [2.75, 3.05) is 44.2 Å². The van der Waals surface area contributed by atoms with Crippen LogP contribution in [0.25, 0.3) is 0 Å². The molecular formula is C21H30N4O3. The second kappa shape index (κ2) is 9.10. The van der Waals surface area contributed by atoms with E-state index in [-0.39, 0.29) is 18.0 Å². The van der Waals surface area contributed by atoms with Crippen LogP contribution in [0.4, 0.5) is 10.5 Å². The number of carbonyl (C=O) groups excluding carboxylic acids is 2. The Morgan fingerprint density at radius 3 is 2.54 bits per heavy atom. The molecule has 1 atom stereocenters. The number of aryl methyl sites for hydroxylation is 1. The molecular weight excluding hydrogens is 356 g/mol. The van der Waals surface area contributed by atoms with E-state index in [1.807, 2.05) is 6.92 Å². The fourth-order valence-corrected chi connectivity index (χ4v) is 3.88. The molecule has 7 heteroatoms. The number of nitrogens with one attached hydrogen (secondary N) is 2. The Kier molecular flexibility index (Phi) is 6.57. The number of benzene rings is 1. The maximum atomic E-state index is 12.5. The van der Waals surface area contributed by atoms with Crippen LogP contribution in [0.15, 0.2) is 35.5 Å². The molecule has 0 bridgehead atoms. The van der Waals surface area contributed by atoms with Crippen molar-refractivity contribution in [3.05, 3.63) is 41.1 Å². The van der Waals surface area contributed by atoms with Crippen LogP contribution in [0.5, 0.6) is 0 Å². The second-order valence-electron chi connectivity index (χ2n) is 7.22. The van der Waals surface area contributed by atoms with E-state index in [1.165, 1.54) is 11.3 Å². The third-order valence-corrected chi connectivity index (χ3v) is 5.36. The molecule has 0 aliphatic carbocycles. The molecule has 0 spiro atoms. The third kappa shape index (κ3) is 4.47. The van der Waals surface area contributed by atoms with E-state index in [0.29, 0.717) is 30.8 Å². The van der Waals surface area contributed by atoms with Crippen molar-refractivity contribution in [2.45, 2.75) is 33.2 Å². The molecule has 0 saturated carbocycles. The summed E-state index contributed by atoms with van der Waals surface area (Å²) in [6.45, 7) is 10.3. The number of para-hydroxylation sites is 1. The summed E-state index contributed by atoms with van der Waals surface area (Å²) < 4.78 is 5.24. The lowest BCUT2D eigenvalue weighted by atomic mass is 10.00. The van der Waals surface area contributed by atoms with Gasteiger partial charge in [-0.1, -0.05) is 25.1 Å². The monoisotopic (exact) mass is 386 g/mol. The Bertz CT molecular complexity index is 754. The molecule has 28 heavy (non-hydrogen) atoms. The first-order valence-corrected chi connectivity index (χ1v) is 10.0. The summed E-state index contributed by atoms with van der Waals surface area (Å²) in [6.07, 6.45) is 0.645. The maximum Gasteiger partial charge on any atom is 0.337 e. The van der Waals surface area contributed by atoms with E-state index in [4.69, 9.17) is 4.74 Å². The van der Waals surface area contributed by atoms with Gasteiger partial charge in [0.25, 0.3) is 0 Å². The van der Waals surface area contributed by atoms with Crippen molar-refractivity contribution in [3.63, 3.8) is 0 Å². The molecule has 0 radical (unpaired) electrons. The molecule has 2 aliphatic rings. The Hall–Kier alpha value is -2.54. The zero-order valence-electron chi connectivity index (χ0n) is 17.0. The van der Waals surface area contributed by atoms with Gasteiger partial charge >= 0.3 is 12.0 Å². The summed E-state index contributed by atoms with van der Waals surface area (Å²) in [5, 5.41) is 5.66. The van der Waals surface area contributed by atoms with Crippen molar-refractivity contribution in [1.29, 1.82) is 0 Å². The van der Waals surface area contributed by atoms with Crippen molar-refractivity contribution < 1.29 is 14.3 Å². The lowest BCUT2D eigenvalue weighted by Crippen LogP contribution is -2.54. The molecule has 1 aromatic rings. The molecule has 2 amide bonds. The summed E-state index contributed by atoms with van der Waals surface area (Å²) in [4.78, 5) is 29.2. The average Bonchev–Trinajstić information content (AvgIpc) is 2.68. The van der Waals surface area contributed by atoms with Crippen LogP contribution < -0.4 is 15.5 Å². The van der Waals surface area contributed by atoms with Gasteiger partial charge < -0.3 is 20.3 Å². The number of carbonyl (C=O) groups is 2. The molecule has 2 aliphatic heterocycles. The van der Waals surface area contributed by atoms with Gasteiger partial charge in [0, 0.05) is 44.1 Å². The maximum absolute atomic E-state index is 12.5.